The molecule has 2 atom stereocenters. The third-order valence-corrected chi connectivity index (χ3v) is 11.6. The van der Waals surface area contributed by atoms with Gasteiger partial charge in [0.2, 0.25) is 11.8 Å². The van der Waals surface area contributed by atoms with Crippen LogP contribution in [0.15, 0.2) is 52.0 Å². The highest BCUT2D eigenvalue weighted by Gasteiger charge is 2.40. The van der Waals surface area contributed by atoms with Crippen LogP contribution >= 0.6 is 45.9 Å². The van der Waals surface area contributed by atoms with Gasteiger partial charge in [-0.15, -0.1) is 22.7 Å². The predicted molar refractivity (Wildman–Crippen MR) is 187 cm³/mol. The van der Waals surface area contributed by atoms with Crippen molar-refractivity contribution in [3.63, 3.8) is 0 Å². The summed E-state index contributed by atoms with van der Waals surface area (Å²) in [6.45, 7) is 5.57. The van der Waals surface area contributed by atoms with Gasteiger partial charge in [-0.1, -0.05) is 29.3 Å². The Morgan fingerprint density at radius 1 is 0.979 bits per heavy atom. The zero-order chi connectivity index (χ0) is 35.1. The second-order valence-corrected chi connectivity index (χ2v) is 14.4. The van der Waals surface area contributed by atoms with Crippen LogP contribution in [0.3, 0.4) is 0 Å². The fourth-order valence-electron chi connectivity index (χ4n) is 5.19. The number of nitriles is 1. The normalized spacial score (nSPS) is 20.9. The van der Waals surface area contributed by atoms with Crippen molar-refractivity contribution >= 4 is 69.6 Å². The number of hydrogen-bond acceptors (Lipinski definition) is 11. The van der Waals surface area contributed by atoms with Crippen LogP contribution in [0.2, 0.25) is 10.2 Å². The molecule has 48 heavy (non-hydrogen) atoms. The van der Waals surface area contributed by atoms with Crippen molar-refractivity contribution in [2.45, 2.75) is 44.7 Å². The third-order valence-electron chi connectivity index (χ3n) is 8.09. The van der Waals surface area contributed by atoms with Gasteiger partial charge in [0.25, 0.3) is 0 Å². The van der Waals surface area contributed by atoms with E-state index < -0.39 is 16.9 Å². The van der Waals surface area contributed by atoms with E-state index in [-0.39, 0.29) is 42.1 Å². The molecule has 2 amide bonds. The molecule has 6 rings (SSSR count). The van der Waals surface area contributed by atoms with Crippen molar-refractivity contribution < 1.29 is 14.0 Å². The Morgan fingerprint density at radius 2 is 1.60 bits per heavy atom. The molecule has 0 spiro atoms. The third kappa shape index (κ3) is 6.64. The first-order valence-corrected chi connectivity index (χ1v) is 16.8. The van der Waals surface area contributed by atoms with Crippen molar-refractivity contribution in [2.75, 3.05) is 14.1 Å². The molecule has 4 N–H and O–H groups in total. The van der Waals surface area contributed by atoms with Gasteiger partial charge in [0.15, 0.2) is 11.9 Å². The fraction of sp³-hybridized carbons (Fsp3) is 0.281. The number of amides is 2. The number of guanidine groups is 2. The summed E-state index contributed by atoms with van der Waals surface area (Å²) in [6.07, 6.45) is 3.57. The molecular formula is C32H30Cl2FN9O2S2. The van der Waals surface area contributed by atoms with E-state index in [0.717, 1.165) is 25.8 Å². The maximum absolute atomic E-state index is 13.6. The highest BCUT2D eigenvalue weighted by molar-refractivity contribution is 7.16. The molecule has 11 nitrogen and oxygen atoms in total. The van der Waals surface area contributed by atoms with Gasteiger partial charge in [0, 0.05) is 34.8 Å². The smallest absolute Gasteiger partial charge is 0.231 e. The molecule has 0 unspecified atom stereocenters. The largest absolute Gasteiger partial charge is 0.369 e. The molecule has 3 aromatic heterocycles. The summed E-state index contributed by atoms with van der Waals surface area (Å²) in [5.41, 5.74) is 13.3. The van der Waals surface area contributed by atoms with Gasteiger partial charge in [-0.2, -0.15) is 5.26 Å². The van der Waals surface area contributed by atoms with Gasteiger partial charge in [-0.3, -0.25) is 24.4 Å². The highest BCUT2D eigenvalue weighted by atomic mass is 35.5. The van der Waals surface area contributed by atoms with E-state index >= 15 is 0 Å². The maximum Gasteiger partial charge on any atom is 0.231 e. The summed E-state index contributed by atoms with van der Waals surface area (Å²) < 4.78 is 13.6. The number of benzene rings is 1. The van der Waals surface area contributed by atoms with Crippen molar-refractivity contribution in [3.05, 3.63) is 78.9 Å². The summed E-state index contributed by atoms with van der Waals surface area (Å²) in [7, 11) is 3.21. The summed E-state index contributed by atoms with van der Waals surface area (Å²) in [4.78, 5) is 46.7. The van der Waals surface area contributed by atoms with E-state index in [2.05, 4.69) is 20.0 Å². The number of hydrogen-bond donors (Lipinski definition) is 2. The number of rotatable bonds is 4. The number of nitrogens with two attached hydrogens (primary N) is 2. The van der Waals surface area contributed by atoms with E-state index in [0.29, 0.717) is 21.4 Å². The molecule has 0 radical (unpaired) electrons. The molecule has 0 saturated carbocycles. The van der Waals surface area contributed by atoms with Crippen molar-refractivity contribution in [1.29, 1.82) is 5.26 Å². The molecule has 0 fully saturated rings. The quantitative estimate of drug-likeness (QED) is 0.259. The molecule has 1 aromatic carbocycles. The minimum absolute atomic E-state index is 0.0316. The number of aliphatic imine (C=N–C) groups is 2. The number of halogens is 3. The van der Waals surface area contributed by atoms with Crippen LogP contribution < -0.4 is 11.5 Å². The molecule has 4 aromatic rings. The lowest BCUT2D eigenvalue weighted by atomic mass is 9.93. The molecule has 248 valence electrons. The molecule has 0 bridgehead atoms. The number of aromatic nitrogens is 2. The van der Waals surface area contributed by atoms with E-state index in [1.54, 1.807) is 26.4 Å². The Hall–Kier alpha value is -4.42. The number of carbonyl (C=O) groups is 2. The average Bonchev–Trinajstić information content (AvgIpc) is 3.66. The first-order valence-electron chi connectivity index (χ1n) is 14.4. The van der Waals surface area contributed by atoms with E-state index in [9.17, 15) is 14.0 Å². The van der Waals surface area contributed by atoms with Crippen LogP contribution in [0.25, 0.3) is 21.7 Å². The summed E-state index contributed by atoms with van der Waals surface area (Å²) >= 11 is 15.3. The Balaban J connectivity index is 0.000000190. The average molecular weight is 727 g/mol. The van der Waals surface area contributed by atoms with Crippen molar-refractivity contribution in [1.82, 2.24) is 19.8 Å². The lowest BCUT2D eigenvalue weighted by Gasteiger charge is -2.32. The van der Waals surface area contributed by atoms with Crippen LogP contribution in [0.4, 0.5) is 4.39 Å². The predicted octanol–water partition coefficient (Wildman–Crippen LogP) is 6.03. The van der Waals surface area contributed by atoms with Gasteiger partial charge in [-0.05, 0) is 50.1 Å². The minimum Gasteiger partial charge on any atom is -0.369 e. The maximum atomic E-state index is 13.6. The zero-order valence-electron chi connectivity index (χ0n) is 26.5. The van der Waals surface area contributed by atoms with Gasteiger partial charge in [0.05, 0.1) is 46.4 Å². The minimum atomic E-state index is -0.865. The summed E-state index contributed by atoms with van der Waals surface area (Å²) in [6, 6.07) is 8.16. The Bertz CT molecular complexity index is 2060. The van der Waals surface area contributed by atoms with Crippen LogP contribution in [0.1, 0.15) is 47.6 Å². The highest BCUT2D eigenvalue weighted by Crippen LogP contribution is 2.48. The molecule has 16 heteroatoms. The first kappa shape index (κ1) is 34.9. The molecule has 2 aliphatic heterocycles. The SMILES string of the molecule is CN1C(=O)C[C@@](C)(c2cc(-c3cncc(Cl)n3)cs2)N=C1N.Cc1c(-c2ccc(F)c(C#N)c2)sc([C@@]2(C)CC(=O)N(C)C(N)=N2)c1Cl. The number of carbonyl (C=O) groups excluding carboxylic acids is 2. The van der Waals surface area contributed by atoms with Gasteiger partial charge in [0.1, 0.15) is 28.1 Å². The lowest BCUT2D eigenvalue weighted by Crippen LogP contribution is -2.47. The van der Waals surface area contributed by atoms with E-state index in [4.69, 9.17) is 39.9 Å². The molecule has 0 aliphatic carbocycles. The molecule has 5 heterocycles. The summed E-state index contributed by atoms with van der Waals surface area (Å²) in [5, 5.41) is 11.9. The van der Waals surface area contributed by atoms with E-state index in [1.165, 1.54) is 50.8 Å². The summed E-state index contributed by atoms with van der Waals surface area (Å²) in [5.74, 6) is -0.385. The van der Waals surface area contributed by atoms with E-state index in [1.807, 2.05) is 38.3 Å². The lowest BCUT2D eigenvalue weighted by molar-refractivity contribution is -0.129. The molecule has 0 saturated heterocycles. The van der Waals surface area contributed by atoms with Crippen LogP contribution in [-0.2, 0) is 20.7 Å². The number of nitrogens with zero attached hydrogens (tertiary/aromatic N) is 7. The first-order chi connectivity index (χ1) is 22.6. The van der Waals surface area contributed by atoms with Crippen LogP contribution in [-0.4, -0.2) is 57.6 Å². The zero-order valence-corrected chi connectivity index (χ0v) is 29.7. The van der Waals surface area contributed by atoms with Crippen LogP contribution in [0, 0.1) is 24.1 Å². The number of thiophene rings is 2. The van der Waals surface area contributed by atoms with Crippen LogP contribution in [0.5, 0.6) is 0 Å². The van der Waals surface area contributed by atoms with Gasteiger partial charge < -0.3 is 11.5 Å². The monoisotopic (exact) mass is 725 g/mol. The fourth-order valence-corrected chi connectivity index (χ4v) is 8.10. The molecule has 2 aliphatic rings. The second-order valence-electron chi connectivity index (χ2n) is 11.7. The van der Waals surface area contributed by atoms with Crippen molar-refractivity contribution in [3.8, 4) is 27.8 Å². The standard InChI is InChI=1S/C18H16ClFN4OS.C14H14ClN5OS/c1-9-14(19)16(18(2)7-13(25)24(3)17(22)23-18)26-15(9)10-4-5-12(20)11(6-10)8-21;1-14(4-12(21)20(2)13(16)19-14)10-3-8(7-22-10)9-5-17-6-11(15)18-9/h4-6H,7H2,1-3H3,(H2,22,23);3,5-7H,4H2,1-2H3,(H2,16,19)/t18-;14-/m10/s1. The Kier molecular flexibility index (Phi) is 9.62. The van der Waals surface area contributed by atoms with Gasteiger partial charge >= 0.3 is 0 Å². The Morgan fingerprint density at radius 3 is 2.21 bits per heavy atom. The molecular weight excluding hydrogens is 696 g/mol. The van der Waals surface area contributed by atoms with Crippen molar-refractivity contribution in [2.24, 2.45) is 21.5 Å². The Labute approximate surface area is 294 Å². The second kappa shape index (κ2) is 13.2. The van der Waals surface area contributed by atoms with Gasteiger partial charge in [-0.25, -0.2) is 19.4 Å². The topological polar surface area (TPSA) is 167 Å².